The van der Waals surface area contributed by atoms with Gasteiger partial charge in [0.2, 0.25) is 11.7 Å². The molecule has 0 atom stereocenters. The van der Waals surface area contributed by atoms with Gasteiger partial charge in [0.25, 0.3) is 0 Å². The Morgan fingerprint density at radius 3 is 2.34 bits per heavy atom. The monoisotopic (exact) mass is 436 g/mol. The highest BCUT2D eigenvalue weighted by Crippen LogP contribution is 2.18. The molecule has 1 N–H and O–H groups in total. The minimum Gasteiger partial charge on any atom is -0.456 e. The van der Waals surface area contributed by atoms with E-state index in [4.69, 9.17) is 4.74 Å². The molecule has 0 fully saturated rings. The van der Waals surface area contributed by atoms with E-state index in [0.717, 1.165) is 22.5 Å². The zero-order valence-electron chi connectivity index (χ0n) is 18.1. The van der Waals surface area contributed by atoms with Crippen LogP contribution in [-0.4, -0.2) is 35.4 Å². The predicted molar refractivity (Wildman–Crippen MR) is 118 cm³/mol. The van der Waals surface area contributed by atoms with Crippen molar-refractivity contribution in [2.45, 2.75) is 26.8 Å². The molecule has 6 nitrogen and oxygen atoms in total. The van der Waals surface area contributed by atoms with Crippen molar-refractivity contribution in [2.24, 2.45) is 0 Å². The van der Waals surface area contributed by atoms with Crippen molar-refractivity contribution in [3.05, 3.63) is 94.6 Å². The molecule has 0 saturated heterocycles. The summed E-state index contributed by atoms with van der Waals surface area (Å²) in [7, 11) is 0. The molecule has 166 valence electrons. The zero-order valence-corrected chi connectivity index (χ0v) is 18.1. The Balaban J connectivity index is 1.50. The minimum atomic E-state index is -0.681. The summed E-state index contributed by atoms with van der Waals surface area (Å²) >= 11 is 0. The number of nitrogens with zero attached hydrogens (tertiary/aromatic N) is 1. The van der Waals surface area contributed by atoms with E-state index in [1.165, 1.54) is 12.1 Å². The molecule has 1 amide bonds. The van der Waals surface area contributed by atoms with Crippen LogP contribution in [0.15, 0.2) is 60.7 Å². The number of ether oxygens (including phenoxy) is 1. The normalized spacial score (nSPS) is 10.6. The summed E-state index contributed by atoms with van der Waals surface area (Å²) in [5.74, 6) is -1.61. The van der Waals surface area contributed by atoms with E-state index >= 15 is 0 Å². The van der Waals surface area contributed by atoms with Crippen molar-refractivity contribution in [3.8, 4) is 0 Å². The van der Waals surface area contributed by atoms with Gasteiger partial charge in [-0.25, -0.2) is 4.39 Å². The third kappa shape index (κ3) is 6.14. The van der Waals surface area contributed by atoms with Crippen molar-refractivity contribution in [1.82, 2.24) is 9.88 Å². The van der Waals surface area contributed by atoms with Crippen LogP contribution in [-0.2, 0) is 27.3 Å². The maximum absolute atomic E-state index is 13.1. The minimum absolute atomic E-state index is 0.160. The molecule has 7 heteroatoms. The SMILES string of the molecule is Cc1cc(C(=O)COC(=O)CNC(=O)Cc2ccccc2)c(C)n1Cc1ccc(F)cc1. The van der Waals surface area contributed by atoms with Gasteiger partial charge >= 0.3 is 5.97 Å². The van der Waals surface area contributed by atoms with Crippen LogP contribution in [0.25, 0.3) is 0 Å². The maximum atomic E-state index is 13.1. The number of hydrogen-bond acceptors (Lipinski definition) is 4. The maximum Gasteiger partial charge on any atom is 0.325 e. The molecule has 0 spiro atoms. The molecule has 0 unspecified atom stereocenters. The molecular formula is C25H25FN2O4. The number of carbonyl (C=O) groups excluding carboxylic acids is 3. The summed E-state index contributed by atoms with van der Waals surface area (Å²) in [5.41, 5.74) is 3.82. The van der Waals surface area contributed by atoms with Crippen LogP contribution < -0.4 is 5.32 Å². The second-order valence-corrected chi connectivity index (χ2v) is 7.52. The number of nitrogens with one attached hydrogen (secondary N) is 1. The first kappa shape index (κ1) is 22.9. The topological polar surface area (TPSA) is 77.4 Å². The number of carbonyl (C=O) groups is 3. The molecule has 2 aromatic carbocycles. The molecular weight excluding hydrogens is 411 g/mol. The third-order valence-corrected chi connectivity index (χ3v) is 5.13. The van der Waals surface area contributed by atoms with Gasteiger partial charge in [0.05, 0.1) is 6.42 Å². The van der Waals surface area contributed by atoms with Gasteiger partial charge in [0.1, 0.15) is 12.4 Å². The first-order valence-electron chi connectivity index (χ1n) is 10.2. The fourth-order valence-corrected chi connectivity index (χ4v) is 3.39. The molecule has 1 aromatic heterocycles. The van der Waals surface area contributed by atoms with Crippen LogP contribution in [0.3, 0.4) is 0 Å². The average Bonchev–Trinajstić information content (AvgIpc) is 3.06. The highest BCUT2D eigenvalue weighted by atomic mass is 19.1. The van der Waals surface area contributed by atoms with Gasteiger partial charge in [-0.1, -0.05) is 42.5 Å². The summed E-state index contributed by atoms with van der Waals surface area (Å²) in [6.45, 7) is 3.48. The Hall–Kier alpha value is -3.74. The van der Waals surface area contributed by atoms with Gasteiger partial charge in [-0.2, -0.15) is 0 Å². The second-order valence-electron chi connectivity index (χ2n) is 7.52. The van der Waals surface area contributed by atoms with Crippen LogP contribution in [0.1, 0.15) is 32.9 Å². The Kier molecular flexibility index (Phi) is 7.54. The standard InChI is InChI=1S/C25H25FN2O4/c1-17-12-22(18(2)28(17)15-20-8-10-21(26)11-9-20)23(29)16-32-25(31)14-27-24(30)13-19-6-4-3-5-7-19/h3-12H,13-16H2,1-2H3,(H,27,30). The van der Waals surface area contributed by atoms with Crippen LogP contribution in [0.4, 0.5) is 4.39 Å². The number of ketones is 1. The van der Waals surface area contributed by atoms with Gasteiger partial charge in [-0.05, 0) is 43.2 Å². The number of aromatic nitrogens is 1. The lowest BCUT2D eigenvalue weighted by Crippen LogP contribution is -2.32. The van der Waals surface area contributed by atoms with Gasteiger partial charge in [0, 0.05) is 23.5 Å². The summed E-state index contributed by atoms with van der Waals surface area (Å²) in [6, 6.07) is 17.1. The molecule has 32 heavy (non-hydrogen) atoms. The van der Waals surface area contributed by atoms with Crippen LogP contribution in [0, 0.1) is 19.7 Å². The van der Waals surface area contributed by atoms with E-state index in [-0.39, 0.29) is 30.5 Å². The summed E-state index contributed by atoms with van der Waals surface area (Å²) in [5, 5.41) is 2.49. The highest BCUT2D eigenvalue weighted by molar-refractivity contribution is 5.99. The van der Waals surface area contributed by atoms with Crippen molar-refractivity contribution < 1.29 is 23.5 Å². The Morgan fingerprint density at radius 2 is 1.66 bits per heavy atom. The Morgan fingerprint density at radius 1 is 0.969 bits per heavy atom. The summed E-state index contributed by atoms with van der Waals surface area (Å²) in [4.78, 5) is 36.4. The lowest BCUT2D eigenvalue weighted by molar-refractivity contribution is -0.142. The molecule has 0 aliphatic carbocycles. The lowest BCUT2D eigenvalue weighted by Gasteiger charge is -2.10. The van der Waals surface area contributed by atoms with Gasteiger partial charge < -0.3 is 14.6 Å². The van der Waals surface area contributed by atoms with E-state index in [1.54, 1.807) is 18.2 Å². The molecule has 0 bridgehead atoms. The van der Waals surface area contributed by atoms with Gasteiger partial charge in [0.15, 0.2) is 6.61 Å². The van der Waals surface area contributed by atoms with Crippen molar-refractivity contribution in [2.75, 3.05) is 13.2 Å². The molecule has 0 aliphatic heterocycles. The highest BCUT2D eigenvalue weighted by Gasteiger charge is 2.18. The number of halogens is 1. The second kappa shape index (κ2) is 10.5. The largest absolute Gasteiger partial charge is 0.456 e. The smallest absolute Gasteiger partial charge is 0.325 e. The van der Waals surface area contributed by atoms with Crippen LogP contribution >= 0.6 is 0 Å². The lowest BCUT2D eigenvalue weighted by atomic mass is 10.1. The number of rotatable bonds is 9. The molecule has 3 aromatic rings. The van der Waals surface area contributed by atoms with E-state index in [0.29, 0.717) is 12.1 Å². The number of Topliss-reactive ketones (excluding diaryl/α,β-unsaturated/α-hetero) is 1. The third-order valence-electron chi connectivity index (χ3n) is 5.13. The van der Waals surface area contributed by atoms with Crippen LogP contribution in [0.5, 0.6) is 0 Å². The summed E-state index contributed by atoms with van der Waals surface area (Å²) < 4.78 is 20.1. The molecule has 3 rings (SSSR count). The van der Waals surface area contributed by atoms with E-state index in [2.05, 4.69) is 5.32 Å². The first-order chi connectivity index (χ1) is 15.3. The Bertz CT molecular complexity index is 1100. The number of amides is 1. The molecule has 0 radical (unpaired) electrons. The molecule has 0 aliphatic rings. The first-order valence-corrected chi connectivity index (χ1v) is 10.2. The Labute approximate surface area is 186 Å². The van der Waals surface area contributed by atoms with E-state index < -0.39 is 12.6 Å². The number of benzene rings is 2. The van der Waals surface area contributed by atoms with Crippen molar-refractivity contribution in [3.63, 3.8) is 0 Å². The zero-order chi connectivity index (χ0) is 23.1. The predicted octanol–water partition coefficient (Wildman–Crippen LogP) is 3.38. The van der Waals surface area contributed by atoms with E-state index in [1.807, 2.05) is 48.7 Å². The van der Waals surface area contributed by atoms with Crippen molar-refractivity contribution >= 4 is 17.7 Å². The van der Waals surface area contributed by atoms with E-state index in [9.17, 15) is 18.8 Å². The van der Waals surface area contributed by atoms with Gasteiger partial charge in [-0.3, -0.25) is 14.4 Å². The average molecular weight is 436 g/mol. The molecule has 0 saturated carbocycles. The van der Waals surface area contributed by atoms with Crippen molar-refractivity contribution in [1.29, 1.82) is 0 Å². The number of hydrogen-bond donors (Lipinski definition) is 1. The van der Waals surface area contributed by atoms with Gasteiger partial charge in [-0.15, -0.1) is 0 Å². The van der Waals surface area contributed by atoms with Crippen LogP contribution in [0.2, 0.25) is 0 Å². The molecule has 1 heterocycles. The fraction of sp³-hybridized carbons (Fsp3) is 0.240. The summed E-state index contributed by atoms with van der Waals surface area (Å²) in [6.07, 6.45) is 0.160. The number of esters is 1. The number of aryl methyl sites for hydroxylation is 1. The quantitative estimate of drug-likeness (QED) is 0.412. The fourth-order valence-electron chi connectivity index (χ4n) is 3.39.